The van der Waals surface area contributed by atoms with Crippen molar-refractivity contribution in [2.45, 2.75) is 43.7 Å². The highest BCUT2D eigenvalue weighted by atomic mass is 19.1. The van der Waals surface area contributed by atoms with Crippen LogP contribution in [0.1, 0.15) is 49.1 Å². The van der Waals surface area contributed by atoms with Crippen molar-refractivity contribution >= 4 is 22.6 Å². The van der Waals surface area contributed by atoms with Gasteiger partial charge in [-0.3, -0.25) is 9.78 Å². The van der Waals surface area contributed by atoms with E-state index in [1.54, 1.807) is 30.5 Å². The highest BCUT2D eigenvalue weighted by Gasteiger charge is 2.51. The zero-order chi connectivity index (χ0) is 22.3. The molecule has 0 bridgehead atoms. The molecule has 162 valence electrons. The van der Waals surface area contributed by atoms with Crippen molar-refractivity contribution in [3.05, 3.63) is 65.7 Å². The largest absolute Gasteiger partial charge is 0.311 e. The van der Waals surface area contributed by atoms with Gasteiger partial charge in [0.15, 0.2) is 0 Å². The molecule has 2 unspecified atom stereocenters. The summed E-state index contributed by atoms with van der Waals surface area (Å²) in [6.07, 6.45) is 10.8. The molecule has 32 heavy (non-hydrogen) atoms. The number of terminal acetylenes is 1. The van der Waals surface area contributed by atoms with Gasteiger partial charge in [-0.05, 0) is 85.4 Å². The summed E-state index contributed by atoms with van der Waals surface area (Å²) in [5.41, 5.74) is 0.983. The van der Waals surface area contributed by atoms with Crippen molar-refractivity contribution in [1.82, 2.24) is 9.97 Å². The number of nitrogens with zero attached hydrogens (tertiary/aromatic N) is 2. The molecule has 1 aromatic carbocycles. The number of hydrogen-bond donors (Lipinski definition) is 1. The lowest BCUT2D eigenvalue weighted by molar-refractivity contribution is -0.118. The van der Waals surface area contributed by atoms with Gasteiger partial charge in [0.2, 0.25) is 5.91 Å². The van der Waals surface area contributed by atoms with Crippen molar-refractivity contribution in [2.24, 2.45) is 11.8 Å². The van der Waals surface area contributed by atoms with E-state index in [0.29, 0.717) is 24.2 Å². The highest BCUT2D eigenvalue weighted by molar-refractivity contribution is 5.90. The standard InChI is InChI=1S/C26H23F2N3O/c1-2-16-3-6-24(30-15-16)31-25(32)14-26(28)12-18-9-17(10-19(18)13-26)21-7-8-29-23-5-4-20(27)11-22(21)23/h1,3-8,11,15,17-19H,9-10,12-14H2,(H,30,31,32). The average molecular weight is 431 g/mol. The minimum atomic E-state index is -1.50. The van der Waals surface area contributed by atoms with Gasteiger partial charge >= 0.3 is 0 Å². The Morgan fingerprint density at radius 1 is 1.16 bits per heavy atom. The number of carbonyl (C=O) groups is 1. The smallest absolute Gasteiger partial charge is 0.228 e. The normalized spacial score (nSPS) is 26.6. The third-order valence-electron chi connectivity index (χ3n) is 6.95. The first kappa shape index (κ1) is 20.6. The van der Waals surface area contributed by atoms with Crippen molar-refractivity contribution in [1.29, 1.82) is 0 Å². The maximum atomic E-state index is 15.6. The summed E-state index contributed by atoms with van der Waals surface area (Å²) in [5, 5.41) is 3.51. The first-order chi connectivity index (χ1) is 15.4. The van der Waals surface area contributed by atoms with Crippen molar-refractivity contribution in [2.75, 3.05) is 5.32 Å². The first-order valence-electron chi connectivity index (χ1n) is 10.9. The van der Waals surface area contributed by atoms with Crippen molar-refractivity contribution in [3.63, 3.8) is 0 Å². The molecule has 2 aliphatic carbocycles. The van der Waals surface area contributed by atoms with Crippen LogP contribution in [0.2, 0.25) is 0 Å². The Labute approximate surface area is 185 Å². The lowest BCUT2D eigenvalue weighted by Gasteiger charge is -2.22. The van der Waals surface area contributed by atoms with Gasteiger partial charge in [0, 0.05) is 23.3 Å². The average Bonchev–Trinajstić information content (AvgIpc) is 3.28. The molecule has 1 N–H and O–H groups in total. The number of fused-ring (bicyclic) bond motifs is 2. The SMILES string of the molecule is C#Cc1ccc(NC(=O)CC2(F)CC3CC(c4ccnc5ccc(F)cc45)CC3C2)nc1. The van der Waals surface area contributed by atoms with E-state index in [1.165, 1.54) is 12.3 Å². The van der Waals surface area contributed by atoms with Crippen LogP contribution in [0.3, 0.4) is 0 Å². The zero-order valence-corrected chi connectivity index (χ0v) is 17.5. The maximum Gasteiger partial charge on any atom is 0.228 e. The molecule has 0 radical (unpaired) electrons. The van der Waals surface area contributed by atoms with E-state index in [2.05, 4.69) is 21.2 Å². The van der Waals surface area contributed by atoms with Gasteiger partial charge in [-0.15, -0.1) is 6.42 Å². The molecule has 3 aromatic rings. The summed E-state index contributed by atoms with van der Waals surface area (Å²) in [5.74, 6) is 2.89. The van der Waals surface area contributed by atoms with Gasteiger partial charge in [-0.2, -0.15) is 0 Å². The van der Waals surface area contributed by atoms with Crippen LogP contribution in [0.15, 0.2) is 48.8 Å². The molecular formula is C26H23F2N3O. The number of halogens is 2. The zero-order valence-electron chi connectivity index (χ0n) is 17.5. The molecule has 6 heteroatoms. The molecule has 0 spiro atoms. The second-order valence-corrected chi connectivity index (χ2v) is 9.11. The van der Waals surface area contributed by atoms with Gasteiger partial charge in [0.05, 0.1) is 11.9 Å². The number of pyridine rings is 2. The number of benzene rings is 1. The minimum Gasteiger partial charge on any atom is -0.311 e. The molecule has 4 nitrogen and oxygen atoms in total. The minimum absolute atomic E-state index is 0.174. The monoisotopic (exact) mass is 431 g/mol. The highest BCUT2D eigenvalue weighted by Crippen LogP contribution is 2.56. The molecule has 2 saturated carbocycles. The lowest BCUT2D eigenvalue weighted by atomic mass is 9.88. The topological polar surface area (TPSA) is 54.9 Å². The first-order valence-corrected chi connectivity index (χ1v) is 10.9. The van der Waals surface area contributed by atoms with Crippen LogP contribution in [-0.2, 0) is 4.79 Å². The molecular weight excluding hydrogens is 408 g/mol. The Bertz CT molecular complexity index is 1200. The number of nitrogens with one attached hydrogen (secondary N) is 1. The van der Waals surface area contributed by atoms with Gasteiger partial charge in [-0.1, -0.05) is 5.92 Å². The van der Waals surface area contributed by atoms with Crippen LogP contribution in [0.25, 0.3) is 10.9 Å². The fraction of sp³-hybridized carbons (Fsp3) is 0.346. The second kappa shape index (κ2) is 7.98. The Balaban J connectivity index is 1.24. The number of anilines is 1. The van der Waals surface area contributed by atoms with Gasteiger partial charge in [0.25, 0.3) is 0 Å². The summed E-state index contributed by atoms with van der Waals surface area (Å²) < 4.78 is 29.4. The quantitative estimate of drug-likeness (QED) is 0.564. The number of hydrogen-bond acceptors (Lipinski definition) is 3. The Hall–Kier alpha value is -3.33. The Morgan fingerprint density at radius 3 is 2.62 bits per heavy atom. The number of carbonyl (C=O) groups excluding carboxylic acids is 1. The van der Waals surface area contributed by atoms with Gasteiger partial charge in [-0.25, -0.2) is 13.8 Å². The van der Waals surface area contributed by atoms with Crippen molar-refractivity contribution in [3.8, 4) is 12.3 Å². The number of alkyl halides is 1. The van der Waals surface area contributed by atoms with Crippen LogP contribution in [0.5, 0.6) is 0 Å². The molecule has 2 aromatic heterocycles. The third-order valence-corrected chi connectivity index (χ3v) is 6.95. The van der Waals surface area contributed by atoms with Crippen LogP contribution < -0.4 is 5.32 Å². The van der Waals surface area contributed by atoms with E-state index in [1.807, 2.05) is 6.07 Å². The van der Waals surface area contributed by atoms with E-state index in [0.717, 1.165) is 29.3 Å². The van der Waals surface area contributed by atoms with E-state index < -0.39 is 5.67 Å². The predicted molar refractivity (Wildman–Crippen MR) is 119 cm³/mol. The molecule has 0 aliphatic heterocycles. The van der Waals surface area contributed by atoms with Gasteiger partial charge in [0.1, 0.15) is 17.3 Å². The van der Waals surface area contributed by atoms with Gasteiger partial charge < -0.3 is 5.32 Å². The summed E-state index contributed by atoms with van der Waals surface area (Å²) in [7, 11) is 0. The van der Waals surface area contributed by atoms with E-state index >= 15 is 4.39 Å². The van der Waals surface area contributed by atoms with Crippen LogP contribution in [-0.4, -0.2) is 21.5 Å². The summed E-state index contributed by atoms with van der Waals surface area (Å²) in [6, 6.07) is 9.92. The maximum absolute atomic E-state index is 15.6. The second-order valence-electron chi connectivity index (χ2n) is 9.11. The van der Waals surface area contributed by atoms with E-state index in [4.69, 9.17) is 6.42 Å². The molecule has 5 rings (SSSR count). The molecule has 2 atom stereocenters. The number of rotatable bonds is 4. The van der Waals surface area contributed by atoms with E-state index in [9.17, 15) is 9.18 Å². The molecule has 0 saturated heterocycles. The van der Waals surface area contributed by atoms with Crippen molar-refractivity contribution < 1.29 is 13.6 Å². The molecule has 1 amide bonds. The lowest BCUT2D eigenvalue weighted by Crippen LogP contribution is -2.28. The number of aromatic nitrogens is 2. The summed E-state index contributed by atoms with van der Waals surface area (Å²) in [4.78, 5) is 20.9. The fourth-order valence-electron chi connectivity index (χ4n) is 5.66. The van der Waals surface area contributed by atoms with Crippen LogP contribution in [0.4, 0.5) is 14.6 Å². The molecule has 2 fully saturated rings. The Kier molecular flexibility index (Phi) is 5.13. The third kappa shape index (κ3) is 3.95. The summed E-state index contributed by atoms with van der Waals surface area (Å²) in [6.45, 7) is 0. The molecule has 2 heterocycles. The summed E-state index contributed by atoms with van der Waals surface area (Å²) >= 11 is 0. The number of amides is 1. The van der Waals surface area contributed by atoms with Crippen LogP contribution in [0, 0.1) is 30.0 Å². The Morgan fingerprint density at radius 2 is 1.94 bits per heavy atom. The predicted octanol–water partition coefficient (Wildman–Crippen LogP) is 5.39. The van der Waals surface area contributed by atoms with Crippen LogP contribution >= 0.6 is 0 Å². The fourth-order valence-corrected chi connectivity index (χ4v) is 5.66. The molecule has 2 aliphatic rings. The van der Waals surface area contributed by atoms with E-state index in [-0.39, 0.29) is 35.9 Å².